The molecule has 5 heteroatoms. The van der Waals surface area contributed by atoms with E-state index in [1.165, 1.54) is 0 Å². The summed E-state index contributed by atoms with van der Waals surface area (Å²) >= 11 is 4.49. The van der Waals surface area contributed by atoms with Crippen molar-refractivity contribution in [3.05, 3.63) is 40.4 Å². The molecular formula is C8H6I2N3+. The smallest absolute Gasteiger partial charge is 0.233 e. The highest BCUT2D eigenvalue weighted by atomic mass is 127. The van der Waals surface area contributed by atoms with E-state index in [-0.39, 0.29) is 0 Å². The van der Waals surface area contributed by atoms with Gasteiger partial charge in [-0.3, -0.25) is 0 Å². The summed E-state index contributed by atoms with van der Waals surface area (Å²) in [7, 11) is 0. The van der Waals surface area contributed by atoms with Crippen LogP contribution in [0.1, 0.15) is 0 Å². The summed E-state index contributed by atoms with van der Waals surface area (Å²) in [5, 5.41) is 0. The largest absolute Gasteiger partial charge is 0.382 e. The second-order valence-corrected chi connectivity index (χ2v) is 4.58. The fourth-order valence-corrected chi connectivity index (χ4v) is 2.16. The highest BCUT2D eigenvalue weighted by Crippen LogP contribution is 2.11. The summed E-state index contributed by atoms with van der Waals surface area (Å²) in [6.07, 6.45) is 5.76. The van der Waals surface area contributed by atoms with Gasteiger partial charge in [-0.05, 0) is 37.6 Å². The first-order valence-corrected chi connectivity index (χ1v) is 5.70. The standard InChI is InChI=1S/C8H6I2N3/c9-7-3-1-4-11-8(7)12-5-2-6-13(12)10/h1-6H/q+1. The molecule has 2 aromatic heterocycles. The van der Waals surface area contributed by atoms with E-state index >= 15 is 0 Å². The molecule has 0 saturated carbocycles. The van der Waals surface area contributed by atoms with Crippen molar-refractivity contribution in [3.8, 4) is 5.82 Å². The maximum atomic E-state index is 4.31. The van der Waals surface area contributed by atoms with Crippen LogP contribution >= 0.6 is 45.5 Å². The van der Waals surface area contributed by atoms with Gasteiger partial charge in [0, 0.05) is 12.3 Å². The lowest BCUT2D eigenvalue weighted by molar-refractivity contribution is -0.532. The number of hydrogen-bond acceptors (Lipinski definition) is 1. The number of nitrogens with zero attached hydrogens (tertiary/aromatic N) is 3. The van der Waals surface area contributed by atoms with E-state index in [1.54, 1.807) is 6.20 Å². The molecule has 0 aliphatic rings. The van der Waals surface area contributed by atoms with Gasteiger partial charge in [0.2, 0.25) is 12.0 Å². The van der Waals surface area contributed by atoms with Crippen molar-refractivity contribution in [3.63, 3.8) is 0 Å². The van der Waals surface area contributed by atoms with Gasteiger partial charge in [-0.1, -0.05) is 0 Å². The molecule has 0 amide bonds. The zero-order valence-electron chi connectivity index (χ0n) is 6.56. The fraction of sp³-hybridized carbons (Fsp3) is 0. The second-order valence-electron chi connectivity index (χ2n) is 2.43. The number of pyridine rings is 1. The Kier molecular flexibility index (Phi) is 2.82. The van der Waals surface area contributed by atoms with Gasteiger partial charge in [0.15, 0.2) is 0 Å². The molecule has 0 radical (unpaired) electrons. The van der Waals surface area contributed by atoms with Gasteiger partial charge in [0.25, 0.3) is 0 Å². The predicted molar refractivity (Wildman–Crippen MR) is 65.9 cm³/mol. The Morgan fingerprint density at radius 2 is 2.23 bits per heavy atom. The van der Waals surface area contributed by atoms with Crippen LogP contribution in [-0.2, 0) is 0 Å². The van der Waals surface area contributed by atoms with Crippen LogP contribution in [0.4, 0.5) is 0 Å². The van der Waals surface area contributed by atoms with Gasteiger partial charge in [-0.15, -0.1) is 4.68 Å². The molecule has 3 nitrogen and oxygen atoms in total. The normalized spacial score (nSPS) is 10.3. The van der Waals surface area contributed by atoms with Crippen LogP contribution in [0.3, 0.4) is 0 Å². The van der Waals surface area contributed by atoms with Crippen molar-refractivity contribution in [2.75, 3.05) is 0 Å². The van der Waals surface area contributed by atoms with Gasteiger partial charge in [0.05, 0.1) is 9.77 Å². The average Bonchev–Trinajstić information content (AvgIpc) is 2.52. The van der Waals surface area contributed by atoms with Crippen molar-refractivity contribution >= 4 is 45.5 Å². The minimum atomic E-state index is 0.961. The average molecular weight is 398 g/mol. The Morgan fingerprint density at radius 1 is 1.38 bits per heavy atom. The number of halogens is 2. The van der Waals surface area contributed by atoms with Crippen molar-refractivity contribution < 1.29 is 2.90 Å². The van der Waals surface area contributed by atoms with Gasteiger partial charge < -0.3 is 0 Å². The molecule has 0 bridgehead atoms. The lowest BCUT2D eigenvalue weighted by Crippen LogP contribution is -2.30. The third kappa shape index (κ3) is 1.85. The van der Waals surface area contributed by atoms with E-state index in [4.69, 9.17) is 0 Å². The summed E-state index contributed by atoms with van der Waals surface area (Å²) in [5.41, 5.74) is 0. The zero-order valence-corrected chi connectivity index (χ0v) is 10.9. The second kappa shape index (κ2) is 3.91. The van der Waals surface area contributed by atoms with E-state index in [2.05, 4.69) is 50.4 Å². The van der Waals surface area contributed by atoms with E-state index in [1.807, 2.05) is 38.2 Å². The van der Waals surface area contributed by atoms with Crippen LogP contribution in [0.5, 0.6) is 0 Å². The molecule has 13 heavy (non-hydrogen) atoms. The topological polar surface area (TPSA) is 21.7 Å². The zero-order chi connectivity index (χ0) is 9.26. The third-order valence-electron chi connectivity index (χ3n) is 1.60. The lowest BCUT2D eigenvalue weighted by atomic mass is 10.5. The highest BCUT2D eigenvalue weighted by molar-refractivity contribution is 14.1. The Balaban J connectivity index is 2.59. The SMILES string of the molecule is Ic1cccnc1-n1ccc[n+]1I. The van der Waals surface area contributed by atoms with Gasteiger partial charge >= 0.3 is 22.9 Å². The van der Waals surface area contributed by atoms with Gasteiger partial charge in [-0.2, -0.15) is 0 Å². The summed E-state index contributed by atoms with van der Waals surface area (Å²) in [6.45, 7) is 0. The van der Waals surface area contributed by atoms with Crippen molar-refractivity contribution in [2.24, 2.45) is 0 Å². The Labute approximate surface area is 103 Å². The minimum Gasteiger partial charge on any atom is -0.233 e. The molecule has 2 aromatic rings. The van der Waals surface area contributed by atoms with Crippen LogP contribution in [0.25, 0.3) is 5.82 Å². The monoisotopic (exact) mass is 398 g/mol. The maximum absolute atomic E-state index is 4.31. The first-order valence-electron chi connectivity index (χ1n) is 3.65. The summed E-state index contributed by atoms with van der Waals surface area (Å²) in [4.78, 5) is 4.31. The molecule has 2 rings (SSSR count). The molecule has 0 aromatic carbocycles. The Morgan fingerprint density at radius 3 is 2.85 bits per heavy atom. The van der Waals surface area contributed by atoms with E-state index < -0.39 is 0 Å². The molecule has 0 fully saturated rings. The molecular weight excluding hydrogens is 392 g/mol. The van der Waals surface area contributed by atoms with Crippen LogP contribution in [0.2, 0.25) is 0 Å². The number of hydrogen-bond donors (Lipinski definition) is 0. The lowest BCUT2D eigenvalue weighted by Gasteiger charge is -1.98. The Bertz CT molecular complexity index is 425. The van der Waals surface area contributed by atoms with E-state index in [0.717, 1.165) is 9.39 Å². The molecule has 0 unspecified atom stereocenters. The summed E-state index contributed by atoms with van der Waals surface area (Å²) < 4.78 is 5.09. The first kappa shape index (κ1) is 9.38. The molecule has 2 heterocycles. The summed E-state index contributed by atoms with van der Waals surface area (Å²) in [5.74, 6) is 0.961. The number of rotatable bonds is 1. The van der Waals surface area contributed by atoms with E-state index in [0.29, 0.717) is 0 Å². The van der Waals surface area contributed by atoms with Crippen LogP contribution in [-0.4, -0.2) is 9.67 Å². The maximum Gasteiger partial charge on any atom is 0.382 e. The third-order valence-corrected chi connectivity index (χ3v) is 3.23. The predicted octanol–water partition coefficient (Wildman–Crippen LogP) is 1.96. The van der Waals surface area contributed by atoms with Crippen molar-refractivity contribution in [2.45, 2.75) is 0 Å². The summed E-state index contributed by atoms with van der Waals surface area (Å²) in [6, 6.07) is 5.96. The molecule has 0 N–H and O–H groups in total. The van der Waals surface area contributed by atoms with E-state index in [9.17, 15) is 0 Å². The first-order chi connectivity index (χ1) is 6.29. The van der Waals surface area contributed by atoms with Crippen LogP contribution < -0.4 is 2.90 Å². The Hall–Kier alpha value is -0.180. The molecule has 0 saturated heterocycles. The van der Waals surface area contributed by atoms with Crippen molar-refractivity contribution in [1.82, 2.24) is 9.67 Å². The van der Waals surface area contributed by atoms with Gasteiger partial charge in [0.1, 0.15) is 0 Å². The van der Waals surface area contributed by atoms with Gasteiger partial charge in [-0.25, -0.2) is 4.98 Å². The molecule has 0 spiro atoms. The minimum absolute atomic E-state index is 0.961. The highest BCUT2D eigenvalue weighted by Gasteiger charge is 2.10. The quantitative estimate of drug-likeness (QED) is 0.674. The molecule has 0 aliphatic heterocycles. The molecule has 0 aliphatic carbocycles. The van der Waals surface area contributed by atoms with Crippen molar-refractivity contribution in [1.29, 1.82) is 0 Å². The van der Waals surface area contributed by atoms with Crippen LogP contribution in [0.15, 0.2) is 36.8 Å². The number of aromatic nitrogens is 3. The molecule has 66 valence electrons. The molecule has 0 atom stereocenters. The fourth-order valence-electron chi connectivity index (χ4n) is 1.03. The van der Waals surface area contributed by atoms with Crippen LogP contribution in [0, 0.1) is 3.57 Å².